The maximum absolute atomic E-state index is 12.8. The van der Waals surface area contributed by atoms with Crippen molar-refractivity contribution in [1.29, 1.82) is 0 Å². The van der Waals surface area contributed by atoms with Gasteiger partial charge in [-0.3, -0.25) is 14.4 Å². The first kappa shape index (κ1) is 62.1. The van der Waals surface area contributed by atoms with Crippen molar-refractivity contribution in [3.8, 4) is 0 Å². The van der Waals surface area contributed by atoms with Crippen molar-refractivity contribution < 1.29 is 28.6 Å². The van der Waals surface area contributed by atoms with Crippen LogP contribution in [0.3, 0.4) is 0 Å². The van der Waals surface area contributed by atoms with Crippen LogP contribution in [0.5, 0.6) is 0 Å². The van der Waals surface area contributed by atoms with E-state index in [0.717, 1.165) is 77.0 Å². The summed E-state index contributed by atoms with van der Waals surface area (Å²) in [7, 11) is 0. The summed E-state index contributed by atoms with van der Waals surface area (Å²) in [6.45, 7) is 6.29. The second-order valence-electron chi connectivity index (χ2n) is 17.5. The molecular weight excluding hydrogens is 817 g/mol. The Kier molecular flexibility index (Phi) is 50.5. The highest BCUT2D eigenvalue weighted by Crippen LogP contribution is 2.16. The van der Waals surface area contributed by atoms with Crippen LogP contribution in [0, 0.1) is 0 Å². The van der Waals surface area contributed by atoms with E-state index >= 15 is 0 Å². The highest BCUT2D eigenvalue weighted by molar-refractivity contribution is 5.71. The molecule has 0 aromatic heterocycles. The summed E-state index contributed by atoms with van der Waals surface area (Å²) in [4.78, 5) is 38.0. The van der Waals surface area contributed by atoms with Crippen LogP contribution in [0.4, 0.5) is 0 Å². The van der Waals surface area contributed by atoms with Gasteiger partial charge in [-0.1, -0.05) is 252 Å². The molecule has 0 fully saturated rings. The Morgan fingerprint density at radius 1 is 0.333 bits per heavy atom. The summed E-state index contributed by atoms with van der Waals surface area (Å²) in [5, 5.41) is 0. The summed E-state index contributed by atoms with van der Waals surface area (Å²) >= 11 is 0. The third-order valence-electron chi connectivity index (χ3n) is 11.2. The van der Waals surface area contributed by atoms with Crippen LogP contribution in [0.15, 0.2) is 109 Å². The molecule has 6 heteroatoms. The maximum Gasteiger partial charge on any atom is 0.306 e. The molecule has 0 N–H and O–H groups in total. The number of hydrogen-bond donors (Lipinski definition) is 0. The zero-order valence-corrected chi connectivity index (χ0v) is 42.7. The Balaban J connectivity index is 4.48. The van der Waals surface area contributed by atoms with Gasteiger partial charge in [-0.2, -0.15) is 0 Å². The zero-order chi connectivity index (χ0) is 47.9. The number of rotatable bonds is 47. The third-order valence-corrected chi connectivity index (χ3v) is 11.2. The topological polar surface area (TPSA) is 78.9 Å². The van der Waals surface area contributed by atoms with Gasteiger partial charge in [-0.15, -0.1) is 0 Å². The van der Waals surface area contributed by atoms with Crippen molar-refractivity contribution in [3.63, 3.8) is 0 Å². The molecule has 0 heterocycles. The van der Waals surface area contributed by atoms with Gasteiger partial charge in [-0.05, 0) is 70.6 Å². The molecule has 0 aliphatic heterocycles. The molecule has 0 bridgehead atoms. The van der Waals surface area contributed by atoms with Crippen molar-refractivity contribution in [2.24, 2.45) is 0 Å². The Bertz CT molecular complexity index is 1370. The van der Waals surface area contributed by atoms with Crippen LogP contribution >= 0.6 is 0 Å². The zero-order valence-electron chi connectivity index (χ0n) is 42.7. The predicted octanol–water partition coefficient (Wildman–Crippen LogP) is 17.9. The SMILES string of the molecule is CC/C=C/C=C/C=C/C=C/C=C/CCCC(=O)OCC(COC(=O)CCCCCCCCCCCCCCCCCCCCC)OC(=O)CCCCC/C=C/C/C=C/C/C=C/C/C=C/CC. The van der Waals surface area contributed by atoms with Crippen molar-refractivity contribution >= 4 is 17.9 Å². The molecule has 0 radical (unpaired) electrons. The molecule has 0 aromatic carbocycles. The summed E-state index contributed by atoms with van der Waals surface area (Å²) in [5.41, 5.74) is 0. The van der Waals surface area contributed by atoms with Gasteiger partial charge < -0.3 is 14.2 Å². The Labute approximate surface area is 406 Å². The van der Waals surface area contributed by atoms with Crippen LogP contribution in [-0.2, 0) is 28.6 Å². The number of hydrogen-bond acceptors (Lipinski definition) is 6. The second-order valence-corrected chi connectivity index (χ2v) is 17.5. The molecule has 0 saturated carbocycles. The molecule has 0 spiro atoms. The first-order valence-corrected chi connectivity index (χ1v) is 27.0. The standard InChI is InChI=1S/C60H98O6/c1-4-7-10-13-16-19-22-25-27-29-30-31-33-35-38-41-44-47-50-53-59(62)65-56-57(55-64-58(61)52-49-46-43-40-37-34-24-21-18-15-12-9-6-3)66-60(63)54-51-48-45-42-39-36-32-28-26-23-20-17-14-11-8-5-2/h8-9,11-12,15,17-18,20-21,24,26,28,34,36-37,39-40,43,57H,4-7,10,13-14,16,19,22-23,25,27,29-33,35,38,41-42,44-56H2,1-3H3/b11-8+,12-9+,18-15+,20-17+,24-21+,28-26+,37-34+,39-36+,43-40+. The summed E-state index contributed by atoms with van der Waals surface area (Å²) in [6, 6.07) is 0. The molecule has 374 valence electrons. The molecule has 1 unspecified atom stereocenters. The van der Waals surface area contributed by atoms with Crippen molar-refractivity contribution in [3.05, 3.63) is 109 Å². The number of allylic oxidation sites excluding steroid dienone is 18. The summed E-state index contributed by atoms with van der Waals surface area (Å²) < 4.78 is 16.7. The monoisotopic (exact) mass is 915 g/mol. The molecule has 0 aliphatic rings. The Hall–Kier alpha value is -3.93. The van der Waals surface area contributed by atoms with Crippen molar-refractivity contribution in [2.45, 2.75) is 239 Å². The van der Waals surface area contributed by atoms with Crippen LogP contribution in [0.25, 0.3) is 0 Å². The lowest BCUT2D eigenvalue weighted by Gasteiger charge is -2.18. The first-order chi connectivity index (χ1) is 32.5. The van der Waals surface area contributed by atoms with E-state index in [0.29, 0.717) is 19.3 Å². The number of esters is 3. The van der Waals surface area contributed by atoms with E-state index in [1.807, 2.05) is 54.7 Å². The quantitative estimate of drug-likeness (QED) is 0.0199. The fourth-order valence-corrected chi connectivity index (χ4v) is 7.17. The van der Waals surface area contributed by atoms with E-state index in [-0.39, 0.29) is 44.0 Å². The van der Waals surface area contributed by atoms with Gasteiger partial charge in [0.1, 0.15) is 13.2 Å². The smallest absolute Gasteiger partial charge is 0.306 e. The predicted molar refractivity (Wildman–Crippen MR) is 283 cm³/mol. The average molecular weight is 915 g/mol. The minimum Gasteiger partial charge on any atom is -0.462 e. The van der Waals surface area contributed by atoms with E-state index < -0.39 is 6.10 Å². The first-order valence-electron chi connectivity index (χ1n) is 27.0. The lowest BCUT2D eigenvalue weighted by molar-refractivity contribution is -0.167. The minimum absolute atomic E-state index is 0.114. The van der Waals surface area contributed by atoms with Crippen LogP contribution in [0.1, 0.15) is 233 Å². The van der Waals surface area contributed by atoms with Gasteiger partial charge in [-0.25, -0.2) is 0 Å². The van der Waals surface area contributed by atoms with Crippen LogP contribution in [-0.4, -0.2) is 37.2 Å². The van der Waals surface area contributed by atoms with Crippen LogP contribution < -0.4 is 0 Å². The number of carbonyl (C=O) groups excluding carboxylic acids is 3. The van der Waals surface area contributed by atoms with E-state index in [1.165, 1.54) is 103 Å². The third kappa shape index (κ3) is 51.1. The molecule has 6 nitrogen and oxygen atoms in total. The fourth-order valence-electron chi connectivity index (χ4n) is 7.17. The van der Waals surface area contributed by atoms with Gasteiger partial charge >= 0.3 is 17.9 Å². The van der Waals surface area contributed by atoms with E-state index in [2.05, 4.69) is 75.5 Å². The maximum atomic E-state index is 12.8. The van der Waals surface area contributed by atoms with Gasteiger partial charge in [0.05, 0.1) is 0 Å². The minimum atomic E-state index is -0.824. The van der Waals surface area contributed by atoms with Gasteiger partial charge in [0.25, 0.3) is 0 Å². The lowest BCUT2D eigenvalue weighted by Crippen LogP contribution is -2.30. The Morgan fingerprint density at radius 3 is 1.15 bits per heavy atom. The molecule has 1 atom stereocenters. The van der Waals surface area contributed by atoms with E-state index in [1.54, 1.807) is 0 Å². The second kappa shape index (κ2) is 53.7. The normalized spacial score (nSPS) is 13.0. The number of unbranched alkanes of at least 4 members (excludes halogenated alkanes) is 22. The van der Waals surface area contributed by atoms with E-state index in [9.17, 15) is 14.4 Å². The lowest BCUT2D eigenvalue weighted by atomic mass is 10.0. The molecule has 0 saturated heterocycles. The van der Waals surface area contributed by atoms with E-state index in [4.69, 9.17) is 14.2 Å². The van der Waals surface area contributed by atoms with Crippen LogP contribution in [0.2, 0.25) is 0 Å². The van der Waals surface area contributed by atoms with Gasteiger partial charge in [0, 0.05) is 19.3 Å². The van der Waals surface area contributed by atoms with Gasteiger partial charge in [0.2, 0.25) is 0 Å². The van der Waals surface area contributed by atoms with Crippen molar-refractivity contribution in [2.75, 3.05) is 13.2 Å². The summed E-state index contributed by atoms with van der Waals surface area (Å²) in [6.07, 6.45) is 72.3. The van der Waals surface area contributed by atoms with Gasteiger partial charge in [0.15, 0.2) is 6.10 Å². The molecule has 0 aromatic rings. The Morgan fingerprint density at radius 2 is 0.682 bits per heavy atom. The molecule has 66 heavy (non-hydrogen) atoms. The molecular formula is C60H98O6. The highest BCUT2D eigenvalue weighted by atomic mass is 16.6. The molecule has 0 amide bonds. The number of ether oxygens (including phenoxy) is 3. The van der Waals surface area contributed by atoms with Crippen molar-refractivity contribution in [1.82, 2.24) is 0 Å². The largest absolute Gasteiger partial charge is 0.462 e. The molecule has 0 rings (SSSR count). The average Bonchev–Trinajstić information content (AvgIpc) is 3.31. The highest BCUT2D eigenvalue weighted by Gasteiger charge is 2.19. The fraction of sp³-hybridized carbons (Fsp3) is 0.650. The number of carbonyl (C=O) groups is 3. The molecule has 0 aliphatic carbocycles. The summed E-state index contributed by atoms with van der Waals surface area (Å²) in [5.74, 6) is -1.02.